The summed E-state index contributed by atoms with van der Waals surface area (Å²) in [5.41, 5.74) is -5.24. The van der Waals surface area contributed by atoms with E-state index in [0.29, 0.717) is 18.6 Å². The molecule has 1 aromatic carbocycles. The first-order chi connectivity index (χ1) is 16.2. The van der Waals surface area contributed by atoms with Gasteiger partial charge < -0.3 is 9.90 Å². The van der Waals surface area contributed by atoms with Crippen molar-refractivity contribution in [1.82, 2.24) is 4.90 Å². The van der Waals surface area contributed by atoms with Crippen LogP contribution in [0.2, 0.25) is 0 Å². The molecule has 3 nitrogen and oxygen atoms in total. The second kappa shape index (κ2) is 10.6. The Morgan fingerprint density at radius 2 is 1.56 bits per heavy atom. The number of rotatable bonds is 8. The third-order valence-corrected chi connectivity index (χ3v) is 6.69. The van der Waals surface area contributed by atoms with Crippen LogP contribution in [0.5, 0.6) is 0 Å². The maximum Gasteiger partial charge on any atom is 0.416 e. The highest BCUT2D eigenvalue weighted by Gasteiger charge is 2.65. The highest BCUT2D eigenvalue weighted by molar-refractivity contribution is 5.75. The summed E-state index contributed by atoms with van der Waals surface area (Å²) in [6.45, 7) is 6.36. The number of carbonyl (C=O) groups is 1. The van der Waals surface area contributed by atoms with Crippen LogP contribution < -0.4 is 0 Å². The zero-order chi connectivity index (χ0) is 27.7. The molecule has 36 heavy (non-hydrogen) atoms. The number of nitrogens with zero attached hydrogens (tertiary/aromatic N) is 1. The minimum absolute atomic E-state index is 0.0516. The molecule has 1 N–H and O–H groups in total. The van der Waals surface area contributed by atoms with Crippen LogP contribution in [0.1, 0.15) is 77.3 Å². The van der Waals surface area contributed by atoms with Gasteiger partial charge in [-0.1, -0.05) is 32.9 Å². The highest BCUT2D eigenvalue weighted by atomic mass is 19.4. The van der Waals surface area contributed by atoms with Crippen LogP contribution >= 0.6 is 0 Å². The quantitative estimate of drug-likeness (QED) is 0.357. The molecule has 206 valence electrons. The number of alkyl halides is 8. The number of hydrogen-bond donors (Lipinski definition) is 1. The molecular formula is C25H33F8NO2. The van der Waals surface area contributed by atoms with Crippen molar-refractivity contribution in [1.29, 1.82) is 0 Å². The Morgan fingerprint density at radius 3 is 2.00 bits per heavy atom. The lowest BCUT2D eigenvalue weighted by molar-refractivity contribution is -0.317. The van der Waals surface area contributed by atoms with Gasteiger partial charge in [-0.25, -0.2) is 8.78 Å². The predicted octanol–water partition coefficient (Wildman–Crippen LogP) is 7.32. The van der Waals surface area contributed by atoms with Gasteiger partial charge in [-0.2, -0.15) is 26.3 Å². The van der Waals surface area contributed by atoms with E-state index in [0.717, 1.165) is 24.0 Å². The summed E-state index contributed by atoms with van der Waals surface area (Å²) in [6.07, 6.45) is -11.6. The molecule has 0 bridgehead atoms. The molecule has 0 aromatic heterocycles. The van der Waals surface area contributed by atoms with Gasteiger partial charge >= 0.3 is 12.4 Å². The van der Waals surface area contributed by atoms with Crippen molar-refractivity contribution in [2.75, 3.05) is 6.54 Å². The first-order valence-electron chi connectivity index (χ1n) is 11.8. The fourth-order valence-electron chi connectivity index (χ4n) is 4.77. The molecule has 0 saturated carbocycles. The van der Waals surface area contributed by atoms with Gasteiger partial charge in [0.05, 0.1) is 5.56 Å². The largest absolute Gasteiger partial charge is 0.416 e. The molecule has 2 rings (SSSR count). The molecule has 11 heteroatoms. The van der Waals surface area contributed by atoms with Gasteiger partial charge in [0.2, 0.25) is 5.72 Å². The molecule has 0 radical (unpaired) electrons. The van der Waals surface area contributed by atoms with Crippen molar-refractivity contribution in [3.8, 4) is 0 Å². The Balaban J connectivity index is 2.62. The Morgan fingerprint density at radius 1 is 1.03 bits per heavy atom. The van der Waals surface area contributed by atoms with Gasteiger partial charge in [0.1, 0.15) is 5.78 Å². The molecule has 1 aliphatic heterocycles. The van der Waals surface area contributed by atoms with Crippen molar-refractivity contribution in [2.45, 2.75) is 96.3 Å². The summed E-state index contributed by atoms with van der Waals surface area (Å²) >= 11 is 0. The van der Waals surface area contributed by atoms with E-state index in [1.807, 2.05) is 20.8 Å². The number of hydrogen-bond acceptors (Lipinski definition) is 3. The van der Waals surface area contributed by atoms with Crippen LogP contribution in [0.15, 0.2) is 24.3 Å². The van der Waals surface area contributed by atoms with Crippen molar-refractivity contribution in [3.05, 3.63) is 35.4 Å². The summed E-state index contributed by atoms with van der Waals surface area (Å²) < 4.78 is 111. The second-order valence-electron chi connectivity index (χ2n) is 10.9. The Labute approximate surface area is 205 Å². The van der Waals surface area contributed by atoms with Gasteiger partial charge in [0, 0.05) is 36.9 Å². The van der Waals surface area contributed by atoms with Crippen LogP contribution in [-0.4, -0.2) is 40.5 Å². The predicted molar refractivity (Wildman–Crippen MR) is 118 cm³/mol. The topological polar surface area (TPSA) is 40.5 Å². The van der Waals surface area contributed by atoms with E-state index < -0.39 is 72.1 Å². The first kappa shape index (κ1) is 30.5. The monoisotopic (exact) mass is 531 g/mol. The Hall–Kier alpha value is -1.75. The van der Waals surface area contributed by atoms with Gasteiger partial charge in [-0.15, -0.1) is 0 Å². The van der Waals surface area contributed by atoms with E-state index in [-0.39, 0.29) is 24.8 Å². The van der Waals surface area contributed by atoms with Crippen LogP contribution in [-0.2, 0) is 16.7 Å². The molecule has 0 spiro atoms. The molecule has 0 amide bonds. The molecule has 1 fully saturated rings. The lowest BCUT2D eigenvalue weighted by Gasteiger charge is -2.54. The summed E-state index contributed by atoms with van der Waals surface area (Å²) in [4.78, 5) is 12.6. The number of ketones is 1. The van der Waals surface area contributed by atoms with E-state index in [1.165, 1.54) is 0 Å². The van der Waals surface area contributed by atoms with Crippen LogP contribution in [0.3, 0.4) is 0 Å². The van der Waals surface area contributed by atoms with E-state index in [1.54, 1.807) is 0 Å². The third-order valence-electron chi connectivity index (χ3n) is 6.69. The molecule has 1 saturated heterocycles. The second-order valence-corrected chi connectivity index (χ2v) is 10.9. The zero-order valence-electron chi connectivity index (χ0n) is 20.7. The van der Waals surface area contributed by atoms with E-state index in [2.05, 4.69) is 0 Å². The van der Waals surface area contributed by atoms with Gasteiger partial charge in [0.15, 0.2) is 0 Å². The summed E-state index contributed by atoms with van der Waals surface area (Å²) in [7, 11) is 0. The van der Waals surface area contributed by atoms with Crippen LogP contribution in [0.4, 0.5) is 35.1 Å². The maximum atomic E-state index is 16.0. The van der Waals surface area contributed by atoms with Crippen LogP contribution in [0, 0.1) is 11.3 Å². The highest BCUT2D eigenvalue weighted by Crippen LogP contribution is 2.53. The van der Waals surface area contributed by atoms with E-state index in [4.69, 9.17) is 0 Å². The summed E-state index contributed by atoms with van der Waals surface area (Å²) in [5.74, 6) is -6.23. The number of piperidine rings is 1. The number of carbonyl (C=O) groups excluding carboxylic acids is 1. The maximum absolute atomic E-state index is 16.0. The normalized spacial score (nSPS) is 24.5. The Kier molecular flexibility index (Phi) is 8.93. The SMILES string of the molecule is CC(=O)C[C@@H]1CCN([C@H](CCC(C)(C)C)CCC(F)(F)F)[C@](O)(c2ccc(C(F)(F)F)cc2)C1(F)F. The first-order valence-corrected chi connectivity index (χ1v) is 11.8. The molecule has 0 unspecified atom stereocenters. The average Bonchev–Trinajstić information content (AvgIpc) is 2.70. The fourth-order valence-corrected chi connectivity index (χ4v) is 4.77. The number of aliphatic hydroxyl groups is 1. The van der Waals surface area contributed by atoms with Gasteiger partial charge in [-0.3, -0.25) is 4.90 Å². The molecule has 0 aliphatic carbocycles. The van der Waals surface area contributed by atoms with Crippen molar-refractivity contribution >= 4 is 5.78 Å². The van der Waals surface area contributed by atoms with Crippen molar-refractivity contribution < 1.29 is 45.0 Å². The van der Waals surface area contributed by atoms with Crippen molar-refractivity contribution in [3.63, 3.8) is 0 Å². The van der Waals surface area contributed by atoms with E-state index >= 15 is 8.78 Å². The summed E-state index contributed by atoms with van der Waals surface area (Å²) in [5, 5.41) is 11.6. The van der Waals surface area contributed by atoms with E-state index in [9.17, 15) is 36.2 Å². The molecule has 1 aromatic rings. The molecule has 3 atom stereocenters. The number of Topliss-reactive ketones (excluding diaryl/α,β-unsaturated/α-hetero) is 1. The summed E-state index contributed by atoms with van der Waals surface area (Å²) in [6, 6.07) is 1.42. The Bertz CT molecular complexity index is 871. The third kappa shape index (κ3) is 7.18. The number of likely N-dealkylation sites (tertiary alicyclic amines) is 1. The zero-order valence-corrected chi connectivity index (χ0v) is 20.7. The lowest BCUT2D eigenvalue weighted by Crippen LogP contribution is -2.67. The molecule has 1 aliphatic rings. The smallest absolute Gasteiger partial charge is 0.366 e. The lowest BCUT2D eigenvalue weighted by atomic mass is 9.76. The number of benzene rings is 1. The molecular weight excluding hydrogens is 498 g/mol. The van der Waals surface area contributed by atoms with Gasteiger partial charge in [0.25, 0.3) is 5.92 Å². The average molecular weight is 532 g/mol. The van der Waals surface area contributed by atoms with Gasteiger partial charge in [-0.05, 0) is 50.2 Å². The fraction of sp³-hybridized carbons (Fsp3) is 0.720. The minimum atomic E-state index is -4.75. The van der Waals surface area contributed by atoms with Crippen molar-refractivity contribution in [2.24, 2.45) is 11.3 Å². The minimum Gasteiger partial charge on any atom is -0.366 e. The molecule has 1 heterocycles. The standard InChI is InChI=1S/C25H33F8NO2/c1-16(35)15-19-11-14-34(20(9-12-21(2,3)4)10-13-22(26,27)28)24(36,23(19,29)30)17-5-7-18(8-6-17)25(31,32)33/h5-8,19-20,36H,9-15H2,1-4H3/t19-,20+,24-/m0/s1. The number of halogens is 8. The van der Waals surface area contributed by atoms with Crippen LogP contribution in [0.25, 0.3) is 0 Å².